The minimum atomic E-state index is -0.617. The summed E-state index contributed by atoms with van der Waals surface area (Å²) in [4.78, 5) is 28.1. The predicted molar refractivity (Wildman–Crippen MR) is 220 cm³/mol. The van der Waals surface area contributed by atoms with Crippen molar-refractivity contribution in [2.75, 3.05) is 0 Å². The van der Waals surface area contributed by atoms with Crippen molar-refractivity contribution < 1.29 is 35.1 Å². The molecule has 274 valence electrons. The average molecular weight is 737 g/mol. The molecule has 7 heteroatoms. The number of benzene rings is 8. The number of phenolic OH excluding ortho intramolecular Hbond substituents is 5. The van der Waals surface area contributed by atoms with E-state index in [-0.39, 0.29) is 61.2 Å². The van der Waals surface area contributed by atoms with Gasteiger partial charge in [0.05, 0.1) is 11.1 Å². The van der Waals surface area contributed by atoms with Crippen LogP contribution in [0.15, 0.2) is 133 Å². The van der Waals surface area contributed by atoms with Crippen LogP contribution in [-0.4, -0.2) is 37.1 Å². The molecule has 0 unspecified atom stereocenters. The zero-order valence-corrected chi connectivity index (χ0v) is 30.8. The number of aryl methyl sites for hydroxylation is 3. The molecule has 56 heavy (non-hydrogen) atoms. The molecular weight excluding hydrogens is 701 g/mol. The van der Waals surface area contributed by atoms with E-state index in [1.165, 1.54) is 6.07 Å². The molecule has 0 radical (unpaired) electrons. The van der Waals surface area contributed by atoms with Crippen LogP contribution in [0.25, 0.3) is 54.9 Å². The molecule has 0 amide bonds. The largest absolute Gasteiger partial charge is 0.507 e. The summed E-state index contributed by atoms with van der Waals surface area (Å²) < 4.78 is 0. The summed E-state index contributed by atoms with van der Waals surface area (Å²) in [6.07, 6.45) is 0. The van der Waals surface area contributed by atoms with Crippen LogP contribution in [-0.2, 0) is 0 Å². The Kier molecular flexibility index (Phi) is 8.78. The van der Waals surface area contributed by atoms with Crippen LogP contribution in [0, 0.1) is 20.8 Å². The Balaban J connectivity index is 1.24. The minimum Gasteiger partial charge on any atom is -0.507 e. The van der Waals surface area contributed by atoms with Gasteiger partial charge in [0.25, 0.3) is 0 Å². The standard InChI is InChI=1S/C49H36O7/c1-26-22-35-37(24-28(3)44(51)42(35)45(52)33-18-14-31(15-19-33)29-10-6-4-7-11-29)47(54)40(26)41-27(2)23-36-38(48(41)55)25-39(50)49(56)43(36)46(53)34-20-16-32(17-21-34)30-12-8-5-9-13-30/h4-25,50-51,54-56H,1-3H3. The van der Waals surface area contributed by atoms with Crippen molar-refractivity contribution in [3.8, 4) is 62.1 Å². The minimum absolute atomic E-state index is 0.0391. The number of aromatic hydroxyl groups is 5. The molecule has 0 aromatic heterocycles. The summed E-state index contributed by atoms with van der Waals surface area (Å²) in [5.74, 6) is -2.95. The van der Waals surface area contributed by atoms with Gasteiger partial charge >= 0.3 is 0 Å². The van der Waals surface area contributed by atoms with Crippen molar-refractivity contribution in [1.82, 2.24) is 0 Å². The molecule has 0 saturated heterocycles. The molecule has 0 fully saturated rings. The van der Waals surface area contributed by atoms with E-state index < -0.39 is 23.1 Å². The van der Waals surface area contributed by atoms with Gasteiger partial charge in [-0.25, -0.2) is 0 Å². The fourth-order valence-electron chi connectivity index (χ4n) is 7.68. The van der Waals surface area contributed by atoms with Gasteiger partial charge in [-0.15, -0.1) is 0 Å². The topological polar surface area (TPSA) is 135 Å². The first-order chi connectivity index (χ1) is 26.9. The summed E-state index contributed by atoms with van der Waals surface area (Å²) in [6, 6.07) is 39.6. The van der Waals surface area contributed by atoms with E-state index in [9.17, 15) is 35.1 Å². The number of ketones is 2. The van der Waals surface area contributed by atoms with E-state index in [0.29, 0.717) is 27.6 Å². The van der Waals surface area contributed by atoms with Gasteiger partial charge in [-0.05, 0) is 84.0 Å². The first kappa shape index (κ1) is 35.6. The molecule has 0 spiro atoms. The number of carbonyl (C=O) groups is 2. The summed E-state index contributed by atoms with van der Waals surface area (Å²) in [7, 11) is 0. The number of rotatable bonds is 7. The van der Waals surface area contributed by atoms with Crippen molar-refractivity contribution in [2.24, 2.45) is 0 Å². The second kappa shape index (κ2) is 13.8. The quantitative estimate of drug-likeness (QED) is 0.0812. The lowest BCUT2D eigenvalue weighted by molar-refractivity contribution is 0.102. The Bertz CT molecular complexity index is 2680. The molecule has 0 bridgehead atoms. The average Bonchev–Trinajstić information content (AvgIpc) is 3.21. The zero-order chi connectivity index (χ0) is 39.4. The number of phenols is 5. The van der Waals surface area contributed by atoms with Crippen LogP contribution in [0.2, 0.25) is 0 Å². The van der Waals surface area contributed by atoms with Crippen molar-refractivity contribution in [2.45, 2.75) is 20.8 Å². The van der Waals surface area contributed by atoms with Gasteiger partial charge in [-0.1, -0.05) is 109 Å². The van der Waals surface area contributed by atoms with E-state index in [0.717, 1.165) is 22.3 Å². The van der Waals surface area contributed by atoms with Gasteiger partial charge < -0.3 is 25.5 Å². The van der Waals surface area contributed by atoms with E-state index in [4.69, 9.17) is 0 Å². The molecule has 5 N–H and O–H groups in total. The van der Waals surface area contributed by atoms with Crippen LogP contribution in [0.1, 0.15) is 48.5 Å². The maximum absolute atomic E-state index is 14.1. The lowest BCUT2D eigenvalue weighted by Gasteiger charge is -2.20. The monoisotopic (exact) mass is 736 g/mol. The SMILES string of the molecule is Cc1cc2c(O)c(-c3c(C)cc4c(C(=O)c5ccc(-c6ccccc6)cc5)c(O)c(O)cc4c3O)c(C)cc2c(C(=O)c2ccc(-c3ccccc3)cc2)c1O. The smallest absolute Gasteiger partial charge is 0.197 e. The fraction of sp³-hybridized carbons (Fsp3) is 0.0612. The predicted octanol–water partition coefficient (Wildman–Crippen LogP) is 10.9. The zero-order valence-electron chi connectivity index (χ0n) is 30.8. The second-order valence-corrected chi connectivity index (χ2v) is 14.1. The maximum Gasteiger partial charge on any atom is 0.197 e. The van der Waals surface area contributed by atoms with Crippen molar-refractivity contribution in [3.63, 3.8) is 0 Å². The fourth-order valence-corrected chi connectivity index (χ4v) is 7.68. The summed E-state index contributed by atoms with van der Waals surface area (Å²) in [5.41, 5.74) is 6.12. The van der Waals surface area contributed by atoms with E-state index in [1.54, 1.807) is 75.4 Å². The van der Waals surface area contributed by atoms with Crippen molar-refractivity contribution in [3.05, 3.63) is 172 Å². The third-order valence-electron chi connectivity index (χ3n) is 10.6. The Morgan fingerprint density at radius 2 is 0.732 bits per heavy atom. The molecule has 0 atom stereocenters. The Morgan fingerprint density at radius 3 is 1.16 bits per heavy atom. The van der Waals surface area contributed by atoms with Gasteiger partial charge in [0, 0.05) is 43.8 Å². The molecule has 0 aliphatic rings. The highest BCUT2D eigenvalue weighted by molar-refractivity contribution is 6.22. The maximum atomic E-state index is 14.1. The summed E-state index contributed by atoms with van der Waals surface area (Å²) in [5, 5.41) is 58.1. The van der Waals surface area contributed by atoms with Gasteiger partial charge in [0.1, 0.15) is 17.2 Å². The molecule has 7 nitrogen and oxygen atoms in total. The first-order valence-corrected chi connectivity index (χ1v) is 18.0. The van der Waals surface area contributed by atoms with Crippen molar-refractivity contribution in [1.29, 1.82) is 0 Å². The van der Waals surface area contributed by atoms with Gasteiger partial charge in [-0.2, -0.15) is 0 Å². The number of hydrogen-bond acceptors (Lipinski definition) is 7. The van der Waals surface area contributed by atoms with Crippen LogP contribution in [0.3, 0.4) is 0 Å². The van der Waals surface area contributed by atoms with Gasteiger partial charge in [-0.3, -0.25) is 9.59 Å². The molecule has 8 aromatic rings. The van der Waals surface area contributed by atoms with Crippen LogP contribution < -0.4 is 0 Å². The highest BCUT2D eigenvalue weighted by Crippen LogP contribution is 2.50. The van der Waals surface area contributed by atoms with E-state index in [2.05, 4.69) is 0 Å². The summed E-state index contributed by atoms with van der Waals surface area (Å²) >= 11 is 0. The molecule has 0 aliphatic heterocycles. The van der Waals surface area contributed by atoms with E-state index in [1.807, 2.05) is 72.8 Å². The molecular formula is C49H36O7. The molecule has 0 aliphatic carbocycles. The molecule has 0 heterocycles. The lowest BCUT2D eigenvalue weighted by atomic mass is 9.85. The Hall–Kier alpha value is -7.38. The third kappa shape index (κ3) is 5.86. The van der Waals surface area contributed by atoms with Crippen LogP contribution in [0.5, 0.6) is 28.7 Å². The van der Waals surface area contributed by atoms with Crippen LogP contribution >= 0.6 is 0 Å². The Labute approximate surface area is 322 Å². The number of carbonyl (C=O) groups excluding carboxylic acids is 2. The highest BCUT2D eigenvalue weighted by Gasteiger charge is 2.28. The highest BCUT2D eigenvalue weighted by atomic mass is 16.3. The molecule has 0 saturated carbocycles. The van der Waals surface area contributed by atoms with Gasteiger partial charge in [0.2, 0.25) is 0 Å². The van der Waals surface area contributed by atoms with Crippen LogP contribution in [0.4, 0.5) is 0 Å². The Morgan fingerprint density at radius 1 is 0.375 bits per heavy atom. The molecule has 8 aromatic carbocycles. The third-order valence-corrected chi connectivity index (χ3v) is 10.6. The number of hydrogen-bond donors (Lipinski definition) is 5. The normalized spacial score (nSPS) is 11.3. The van der Waals surface area contributed by atoms with Crippen molar-refractivity contribution >= 4 is 33.1 Å². The first-order valence-electron chi connectivity index (χ1n) is 18.0. The van der Waals surface area contributed by atoms with Gasteiger partial charge in [0.15, 0.2) is 23.1 Å². The number of fused-ring (bicyclic) bond motifs is 2. The lowest BCUT2D eigenvalue weighted by Crippen LogP contribution is -2.05. The second-order valence-electron chi connectivity index (χ2n) is 14.1. The van der Waals surface area contributed by atoms with E-state index >= 15 is 0 Å². The summed E-state index contributed by atoms with van der Waals surface area (Å²) in [6.45, 7) is 5.07. The molecule has 8 rings (SSSR count).